The average molecular weight is 502 g/mol. The molecule has 37 heavy (non-hydrogen) atoms. The van der Waals surface area contributed by atoms with Crippen LogP contribution in [-0.2, 0) is 16.1 Å². The van der Waals surface area contributed by atoms with E-state index in [1.165, 1.54) is 36.5 Å². The van der Waals surface area contributed by atoms with Gasteiger partial charge in [-0.05, 0) is 39.2 Å². The molecule has 2 amide bonds. The predicted molar refractivity (Wildman–Crippen MR) is 137 cm³/mol. The molecule has 2 aromatic heterocycles. The monoisotopic (exact) mass is 502 g/mol. The molecule has 188 valence electrons. The minimum atomic E-state index is -0.647. The Morgan fingerprint density at radius 2 is 1.51 bits per heavy atom. The van der Waals surface area contributed by atoms with Crippen molar-refractivity contribution in [2.24, 2.45) is 0 Å². The lowest BCUT2D eigenvalue weighted by atomic mass is 9.95. The predicted octanol–water partition coefficient (Wildman–Crippen LogP) is 3.46. The molecule has 0 atom stereocenters. The van der Waals surface area contributed by atoms with Gasteiger partial charge in [0.05, 0.1) is 21.0 Å². The van der Waals surface area contributed by atoms with Crippen molar-refractivity contribution in [1.29, 1.82) is 0 Å². The van der Waals surface area contributed by atoms with Crippen LogP contribution in [0.15, 0.2) is 48.8 Å². The number of carbonyl (C=O) groups excluding carboxylic acids is 2. The fourth-order valence-electron chi connectivity index (χ4n) is 4.74. The fraction of sp³-hybridized carbons (Fsp3) is 0.200. The van der Waals surface area contributed by atoms with Crippen LogP contribution in [0.4, 0.5) is 11.4 Å². The van der Waals surface area contributed by atoms with Crippen LogP contribution in [0.1, 0.15) is 17.5 Å². The van der Waals surface area contributed by atoms with E-state index in [1.807, 2.05) is 23.6 Å². The van der Waals surface area contributed by atoms with Crippen LogP contribution in [0.25, 0.3) is 33.0 Å². The van der Waals surface area contributed by atoms with E-state index < -0.39 is 21.7 Å². The largest absolute Gasteiger partial charge is 0.361 e. The van der Waals surface area contributed by atoms with Crippen molar-refractivity contribution in [2.75, 3.05) is 20.6 Å². The molecule has 5 rings (SSSR count). The molecule has 2 N–H and O–H groups in total. The molecule has 2 aromatic carbocycles. The minimum Gasteiger partial charge on any atom is -0.361 e. The maximum absolute atomic E-state index is 13.1. The highest BCUT2D eigenvalue weighted by atomic mass is 16.6. The number of benzene rings is 2. The van der Waals surface area contributed by atoms with Gasteiger partial charge in [-0.3, -0.25) is 35.1 Å². The van der Waals surface area contributed by atoms with Gasteiger partial charge < -0.3 is 14.5 Å². The Labute approximate surface area is 209 Å². The van der Waals surface area contributed by atoms with E-state index in [0.29, 0.717) is 39.5 Å². The van der Waals surface area contributed by atoms with Gasteiger partial charge in [-0.2, -0.15) is 0 Å². The van der Waals surface area contributed by atoms with E-state index >= 15 is 0 Å². The normalized spacial score (nSPS) is 13.8. The summed E-state index contributed by atoms with van der Waals surface area (Å²) >= 11 is 0. The van der Waals surface area contributed by atoms with Gasteiger partial charge in [0.1, 0.15) is 0 Å². The smallest absolute Gasteiger partial charge is 0.270 e. The van der Waals surface area contributed by atoms with Crippen LogP contribution < -0.4 is 5.32 Å². The SMILES string of the molecule is CN(C)CCCn1cc(C2=C(c3c[nH]c4ccc([N+](=O)[O-])cc34)C(=O)NC2=O)c2cc([N+](=O)[O-])ccc21. The summed E-state index contributed by atoms with van der Waals surface area (Å²) in [5.74, 6) is -1.29. The van der Waals surface area contributed by atoms with Gasteiger partial charge in [0.2, 0.25) is 0 Å². The van der Waals surface area contributed by atoms with Crippen molar-refractivity contribution in [3.63, 3.8) is 0 Å². The number of nitro benzene ring substituents is 2. The van der Waals surface area contributed by atoms with E-state index in [-0.39, 0.29) is 22.5 Å². The van der Waals surface area contributed by atoms with E-state index in [0.717, 1.165) is 13.0 Å². The van der Waals surface area contributed by atoms with Gasteiger partial charge in [-0.25, -0.2) is 0 Å². The number of amides is 2. The summed E-state index contributed by atoms with van der Waals surface area (Å²) in [5.41, 5.74) is 1.76. The van der Waals surface area contributed by atoms with Gasteiger partial charge in [-0.1, -0.05) is 0 Å². The number of hydrogen-bond acceptors (Lipinski definition) is 7. The summed E-state index contributed by atoms with van der Waals surface area (Å²) in [6, 6.07) is 8.66. The minimum absolute atomic E-state index is 0.0515. The Morgan fingerprint density at radius 3 is 2.16 bits per heavy atom. The summed E-state index contributed by atoms with van der Waals surface area (Å²) in [5, 5.41) is 26.1. The first kappa shape index (κ1) is 23.9. The Kier molecular flexibility index (Phi) is 5.80. The number of aryl methyl sites for hydroxylation is 1. The van der Waals surface area contributed by atoms with Crippen LogP contribution in [0.2, 0.25) is 0 Å². The molecule has 12 heteroatoms. The molecule has 0 bridgehead atoms. The third-order valence-electron chi connectivity index (χ3n) is 6.43. The lowest BCUT2D eigenvalue weighted by molar-refractivity contribution is -0.384. The summed E-state index contributed by atoms with van der Waals surface area (Å²) in [6.45, 7) is 1.40. The van der Waals surface area contributed by atoms with Gasteiger partial charge in [-0.15, -0.1) is 0 Å². The number of H-pyrrole nitrogens is 1. The molecule has 0 unspecified atom stereocenters. The van der Waals surface area contributed by atoms with Crippen LogP contribution >= 0.6 is 0 Å². The number of carbonyl (C=O) groups is 2. The average Bonchev–Trinajstić information content (AvgIpc) is 3.50. The molecule has 0 radical (unpaired) electrons. The lowest BCUT2D eigenvalue weighted by Crippen LogP contribution is -2.22. The fourth-order valence-corrected chi connectivity index (χ4v) is 4.74. The highest BCUT2D eigenvalue weighted by molar-refractivity contribution is 6.50. The summed E-state index contributed by atoms with van der Waals surface area (Å²) in [7, 11) is 3.92. The molecule has 1 aliphatic rings. The number of imide groups is 1. The van der Waals surface area contributed by atoms with Crippen molar-refractivity contribution in [1.82, 2.24) is 19.8 Å². The molecule has 12 nitrogen and oxygen atoms in total. The topological polar surface area (TPSA) is 156 Å². The number of nitrogens with zero attached hydrogens (tertiary/aromatic N) is 4. The molecule has 0 saturated carbocycles. The zero-order valence-corrected chi connectivity index (χ0v) is 20.0. The number of aromatic nitrogens is 2. The van der Waals surface area contributed by atoms with Crippen LogP contribution in [-0.4, -0.2) is 56.8 Å². The Hall–Kier alpha value is -4.84. The van der Waals surface area contributed by atoms with Gasteiger partial charge in [0, 0.05) is 76.1 Å². The van der Waals surface area contributed by atoms with Crippen LogP contribution in [0.5, 0.6) is 0 Å². The summed E-state index contributed by atoms with van der Waals surface area (Å²) in [6.07, 6.45) is 4.05. The van der Waals surface area contributed by atoms with Crippen molar-refractivity contribution >= 4 is 56.1 Å². The molecule has 0 spiro atoms. The summed E-state index contributed by atoms with van der Waals surface area (Å²) < 4.78 is 1.92. The maximum Gasteiger partial charge on any atom is 0.270 e. The summed E-state index contributed by atoms with van der Waals surface area (Å²) in [4.78, 5) is 53.0. The van der Waals surface area contributed by atoms with Gasteiger partial charge in [0.25, 0.3) is 23.2 Å². The number of nitrogens with one attached hydrogen (secondary N) is 2. The zero-order valence-electron chi connectivity index (χ0n) is 20.0. The van der Waals surface area contributed by atoms with E-state index in [2.05, 4.69) is 10.3 Å². The third kappa shape index (κ3) is 4.12. The first-order chi connectivity index (χ1) is 17.7. The maximum atomic E-state index is 13.1. The highest BCUT2D eigenvalue weighted by Crippen LogP contribution is 2.39. The van der Waals surface area contributed by atoms with E-state index in [1.54, 1.807) is 12.3 Å². The Bertz CT molecular complexity index is 1660. The van der Waals surface area contributed by atoms with Crippen molar-refractivity contribution < 1.29 is 19.4 Å². The number of aromatic amines is 1. The quantitative estimate of drug-likeness (QED) is 0.212. The molecule has 0 saturated heterocycles. The third-order valence-corrected chi connectivity index (χ3v) is 6.43. The van der Waals surface area contributed by atoms with E-state index in [4.69, 9.17) is 0 Å². The second kappa shape index (κ2) is 8.99. The first-order valence-electron chi connectivity index (χ1n) is 11.4. The van der Waals surface area contributed by atoms with Crippen LogP contribution in [0, 0.1) is 20.2 Å². The molecular formula is C25H22N6O6. The van der Waals surface area contributed by atoms with Crippen molar-refractivity contribution in [3.05, 3.63) is 80.1 Å². The van der Waals surface area contributed by atoms with Crippen molar-refractivity contribution in [2.45, 2.75) is 13.0 Å². The molecule has 3 heterocycles. The molecule has 0 aliphatic carbocycles. The Balaban J connectivity index is 1.76. The number of hydrogen-bond donors (Lipinski definition) is 2. The molecular weight excluding hydrogens is 480 g/mol. The Morgan fingerprint density at radius 1 is 0.892 bits per heavy atom. The number of fused-ring (bicyclic) bond motifs is 2. The van der Waals surface area contributed by atoms with Gasteiger partial charge in [0.15, 0.2) is 0 Å². The zero-order chi connectivity index (χ0) is 26.4. The first-order valence-corrected chi connectivity index (χ1v) is 11.4. The van der Waals surface area contributed by atoms with Gasteiger partial charge >= 0.3 is 0 Å². The highest BCUT2D eigenvalue weighted by Gasteiger charge is 2.35. The van der Waals surface area contributed by atoms with Crippen LogP contribution in [0.3, 0.4) is 0 Å². The van der Waals surface area contributed by atoms with E-state index in [9.17, 15) is 29.8 Å². The molecule has 4 aromatic rings. The van der Waals surface area contributed by atoms with Crippen molar-refractivity contribution in [3.8, 4) is 0 Å². The second-order valence-corrected chi connectivity index (χ2v) is 9.07. The number of rotatable bonds is 8. The molecule has 1 aliphatic heterocycles. The lowest BCUT2D eigenvalue weighted by Gasteiger charge is -2.10. The second-order valence-electron chi connectivity index (χ2n) is 9.07. The molecule has 0 fully saturated rings. The number of non-ortho nitro benzene ring substituents is 2. The standard InChI is InChI=1S/C25H22N6O6/c1-28(2)8-3-9-29-13-19(17-11-15(31(36)37)5-7-21(17)29)23-22(24(32)27-25(23)33)18-12-26-20-6-4-14(30(34)35)10-16(18)20/h4-7,10-13,26H,3,8-9H2,1-2H3,(H,27,32,33). The number of nitro groups is 2.